The number of aryl methyl sites for hydroxylation is 1. The fraction of sp³-hybridized carbons (Fsp3) is 0.389. The van der Waals surface area contributed by atoms with E-state index in [1.807, 2.05) is 31.2 Å². The van der Waals surface area contributed by atoms with Gasteiger partial charge in [0.05, 0.1) is 18.1 Å². The summed E-state index contributed by atoms with van der Waals surface area (Å²) in [5.74, 6) is -0.204. The molecule has 4 heteroatoms. The van der Waals surface area contributed by atoms with Gasteiger partial charge in [-0.1, -0.05) is 42.0 Å². The zero-order valence-corrected chi connectivity index (χ0v) is 12.5. The van der Waals surface area contributed by atoms with E-state index < -0.39 is 0 Å². The van der Waals surface area contributed by atoms with Crippen LogP contribution >= 0.6 is 0 Å². The van der Waals surface area contributed by atoms with Gasteiger partial charge in [0.25, 0.3) is 11.8 Å². The predicted octanol–water partition coefficient (Wildman–Crippen LogP) is 2.53. The molecule has 4 aliphatic rings. The number of hydrogen-bond acceptors (Lipinski definition) is 3. The van der Waals surface area contributed by atoms with Gasteiger partial charge in [0.2, 0.25) is 0 Å². The lowest BCUT2D eigenvalue weighted by Gasteiger charge is -2.37. The fourth-order valence-corrected chi connectivity index (χ4v) is 3.95. The zero-order chi connectivity index (χ0) is 15.3. The molecule has 1 aromatic rings. The summed E-state index contributed by atoms with van der Waals surface area (Å²) >= 11 is 0. The molecule has 0 radical (unpaired) electrons. The summed E-state index contributed by atoms with van der Waals surface area (Å²) in [6, 6.07) is 7.84. The first-order valence-corrected chi connectivity index (χ1v) is 7.82. The van der Waals surface area contributed by atoms with Crippen molar-refractivity contribution < 1.29 is 9.59 Å². The second-order valence-electron chi connectivity index (χ2n) is 6.49. The van der Waals surface area contributed by atoms with Crippen LogP contribution in [0.4, 0.5) is 0 Å². The molecule has 1 aliphatic heterocycles. The smallest absolute Gasteiger partial charge is 0.254 e. The fourth-order valence-electron chi connectivity index (χ4n) is 3.95. The molecule has 0 spiro atoms. The second-order valence-corrected chi connectivity index (χ2v) is 6.49. The number of amides is 2. The van der Waals surface area contributed by atoms with Crippen LogP contribution in [0.1, 0.15) is 24.0 Å². The van der Waals surface area contributed by atoms with Crippen LogP contribution in [-0.2, 0) is 9.59 Å². The summed E-state index contributed by atoms with van der Waals surface area (Å²) < 4.78 is 0. The number of carbonyl (C=O) groups is 2. The van der Waals surface area contributed by atoms with Crippen LogP contribution in [0.15, 0.2) is 41.5 Å². The van der Waals surface area contributed by atoms with Crippen molar-refractivity contribution in [2.45, 2.75) is 19.8 Å². The van der Waals surface area contributed by atoms with Gasteiger partial charge < -0.3 is 0 Å². The molecular formula is C18H18N2O2. The summed E-state index contributed by atoms with van der Waals surface area (Å²) in [6.07, 6.45) is 7.86. The molecule has 0 unspecified atom stereocenters. The summed E-state index contributed by atoms with van der Waals surface area (Å²) in [5.41, 5.74) is 2.06. The van der Waals surface area contributed by atoms with Crippen molar-refractivity contribution in [3.05, 3.63) is 47.5 Å². The van der Waals surface area contributed by atoms with Crippen molar-refractivity contribution in [2.75, 3.05) is 0 Å². The van der Waals surface area contributed by atoms with E-state index in [0.29, 0.717) is 0 Å². The van der Waals surface area contributed by atoms with Crippen LogP contribution < -0.4 is 0 Å². The van der Waals surface area contributed by atoms with E-state index in [1.165, 1.54) is 5.56 Å². The number of benzene rings is 1. The first-order valence-electron chi connectivity index (χ1n) is 7.82. The van der Waals surface area contributed by atoms with Gasteiger partial charge in [-0.2, -0.15) is 10.1 Å². The van der Waals surface area contributed by atoms with Gasteiger partial charge in [-0.3, -0.25) is 9.59 Å². The van der Waals surface area contributed by atoms with Crippen molar-refractivity contribution in [2.24, 2.45) is 28.8 Å². The van der Waals surface area contributed by atoms with E-state index in [4.69, 9.17) is 0 Å². The lowest BCUT2D eigenvalue weighted by atomic mass is 9.63. The molecule has 2 amide bonds. The number of hydrogen-bond donors (Lipinski definition) is 0. The molecule has 0 aromatic heterocycles. The maximum atomic E-state index is 12.6. The number of allylic oxidation sites excluding steroid dienone is 2. The van der Waals surface area contributed by atoms with Gasteiger partial charge in [0.1, 0.15) is 0 Å². The van der Waals surface area contributed by atoms with E-state index in [0.717, 1.165) is 23.4 Å². The van der Waals surface area contributed by atoms with Crippen LogP contribution in [0.3, 0.4) is 0 Å². The summed E-state index contributed by atoms with van der Waals surface area (Å²) in [7, 11) is 0. The molecule has 112 valence electrons. The lowest BCUT2D eigenvalue weighted by molar-refractivity contribution is -0.140. The molecule has 4 nitrogen and oxygen atoms in total. The third kappa shape index (κ3) is 1.94. The van der Waals surface area contributed by atoms with E-state index in [-0.39, 0.29) is 35.5 Å². The molecule has 1 heterocycles. The van der Waals surface area contributed by atoms with Crippen LogP contribution in [0, 0.1) is 30.6 Å². The van der Waals surface area contributed by atoms with Crippen molar-refractivity contribution in [3.8, 4) is 0 Å². The minimum absolute atomic E-state index is 0.127. The molecule has 3 aliphatic carbocycles. The molecule has 1 aromatic carbocycles. The van der Waals surface area contributed by atoms with Gasteiger partial charge in [-0.05, 0) is 37.2 Å². The van der Waals surface area contributed by atoms with Crippen LogP contribution in [-0.4, -0.2) is 23.0 Å². The van der Waals surface area contributed by atoms with Crippen molar-refractivity contribution >= 4 is 18.0 Å². The Bertz CT molecular complexity index is 658. The van der Waals surface area contributed by atoms with Crippen LogP contribution in [0.2, 0.25) is 0 Å². The van der Waals surface area contributed by atoms with Gasteiger partial charge in [0, 0.05) is 0 Å². The average Bonchev–Trinajstić information content (AvgIpc) is 2.82. The normalized spacial score (nSPS) is 33.0. The number of carbonyl (C=O) groups excluding carboxylic acids is 2. The molecule has 1 saturated heterocycles. The highest BCUT2D eigenvalue weighted by molar-refractivity contribution is 6.06. The number of nitrogens with zero attached hydrogens (tertiary/aromatic N) is 2. The topological polar surface area (TPSA) is 49.7 Å². The predicted molar refractivity (Wildman–Crippen MR) is 83.0 cm³/mol. The van der Waals surface area contributed by atoms with Crippen molar-refractivity contribution in [3.63, 3.8) is 0 Å². The van der Waals surface area contributed by atoms with Gasteiger partial charge in [-0.25, -0.2) is 0 Å². The standard InChI is InChI=1S/C18H18N2O2/c1-11-2-4-12(5-3-11)10-19-20-17(21)15-13-6-7-14(9-8-13)16(15)18(20)22/h2-7,10,13-16H,8-9H2,1H3/b19-10-/t13-,14-,15+,16+/m0/s1. The Morgan fingerprint density at radius 2 is 1.55 bits per heavy atom. The molecule has 5 rings (SSSR count). The van der Waals surface area contributed by atoms with Crippen LogP contribution in [0.5, 0.6) is 0 Å². The highest BCUT2D eigenvalue weighted by atomic mass is 16.2. The summed E-state index contributed by atoms with van der Waals surface area (Å²) in [5, 5.41) is 5.29. The molecule has 2 bridgehead atoms. The van der Waals surface area contributed by atoms with E-state index in [2.05, 4.69) is 17.3 Å². The first-order chi connectivity index (χ1) is 10.6. The van der Waals surface area contributed by atoms with Gasteiger partial charge in [0.15, 0.2) is 0 Å². The third-order valence-electron chi connectivity index (χ3n) is 5.14. The zero-order valence-electron chi connectivity index (χ0n) is 12.5. The second kappa shape index (κ2) is 4.90. The minimum Gasteiger partial charge on any atom is -0.272 e. The van der Waals surface area contributed by atoms with Gasteiger partial charge >= 0.3 is 0 Å². The number of hydrazone groups is 1. The molecule has 0 N–H and O–H groups in total. The Morgan fingerprint density at radius 3 is 2.05 bits per heavy atom. The lowest BCUT2D eigenvalue weighted by Crippen LogP contribution is -2.38. The Kier molecular flexibility index (Phi) is 2.99. The Morgan fingerprint density at radius 1 is 1.00 bits per heavy atom. The highest BCUT2D eigenvalue weighted by Gasteiger charge is 2.56. The molecule has 4 atom stereocenters. The molecule has 2 fully saturated rings. The Hall–Kier alpha value is -2.23. The summed E-state index contributed by atoms with van der Waals surface area (Å²) in [4.78, 5) is 25.1. The molecule has 22 heavy (non-hydrogen) atoms. The van der Waals surface area contributed by atoms with Crippen molar-refractivity contribution in [1.29, 1.82) is 0 Å². The largest absolute Gasteiger partial charge is 0.272 e. The number of fused-ring (bicyclic) bond motifs is 1. The third-order valence-corrected chi connectivity index (χ3v) is 5.14. The Balaban J connectivity index is 1.60. The van der Waals surface area contributed by atoms with Crippen molar-refractivity contribution in [1.82, 2.24) is 5.01 Å². The first kappa shape index (κ1) is 13.4. The monoisotopic (exact) mass is 294 g/mol. The highest BCUT2D eigenvalue weighted by Crippen LogP contribution is 2.49. The van der Waals surface area contributed by atoms with E-state index in [1.54, 1.807) is 6.21 Å². The van der Waals surface area contributed by atoms with E-state index >= 15 is 0 Å². The number of rotatable bonds is 2. The van der Waals surface area contributed by atoms with Gasteiger partial charge in [-0.15, -0.1) is 0 Å². The number of imide groups is 1. The van der Waals surface area contributed by atoms with Crippen LogP contribution in [0.25, 0.3) is 0 Å². The summed E-state index contributed by atoms with van der Waals surface area (Å²) in [6.45, 7) is 2.02. The average molecular weight is 294 g/mol. The SMILES string of the molecule is Cc1ccc(/C=N\N2C(=O)[C@H]3[C@H](C2=O)[C@H]2C=C[C@H]3CC2)cc1. The Labute approximate surface area is 129 Å². The maximum Gasteiger partial charge on any atom is 0.254 e. The minimum atomic E-state index is -0.189. The molecular weight excluding hydrogens is 276 g/mol. The maximum absolute atomic E-state index is 12.6. The quantitative estimate of drug-likeness (QED) is 0.478. The molecule has 1 saturated carbocycles. The van der Waals surface area contributed by atoms with E-state index in [9.17, 15) is 9.59 Å².